The van der Waals surface area contributed by atoms with Crippen molar-refractivity contribution in [2.45, 2.75) is 33.6 Å². The third-order valence-corrected chi connectivity index (χ3v) is 5.95. The van der Waals surface area contributed by atoms with Crippen molar-refractivity contribution in [3.05, 3.63) is 47.5 Å². The van der Waals surface area contributed by atoms with Crippen LogP contribution in [0.3, 0.4) is 0 Å². The fraction of sp³-hybridized carbons (Fsp3) is 0.462. The maximum Gasteiger partial charge on any atom is 0.259 e. The van der Waals surface area contributed by atoms with Crippen LogP contribution in [0.5, 0.6) is 11.5 Å². The van der Waals surface area contributed by atoms with Gasteiger partial charge in [-0.2, -0.15) is 0 Å². The average Bonchev–Trinajstić information content (AvgIpc) is 2.82. The van der Waals surface area contributed by atoms with Crippen LogP contribution in [0.15, 0.2) is 36.4 Å². The Labute approximate surface area is 196 Å². The molecule has 0 radical (unpaired) electrons. The average molecular weight is 454 g/mol. The van der Waals surface area contributed by atoms with Gasteiger partial charge in [-0.1, -0.05) is 20.8 Å². The first kappa shape index (κ1) is 24.4. The van der Waals surface area contributed by atoms with Crippen LogP contribution in [0.2, 0.25) is 0 Å². The second kappa shape index (κ2) is 11.1. The molecule has 2 amide bonds. The number of nitrogens with zero attached hydrogens (tertiary/aromatic N) is 1. The van der Waals surface area contributed by atoms with Crippen LogP contribution in [0.1, 0.15) is 54.3 Å². The van der Waals surface area contributed by atoms with Gasteiger partial charge in [-0.15, -0.1) is 0 Å². The maximum atomic E-state index is 13.1. The number of carbonyl (C=O) groups excluding carboxylic acids is 2. The Balaban J connectivity index is 1.87. The van der Waals surface area contributed by atoms with Crippen molar-refractivity contribution in [1.29, 1.82) is 0 Å². The van der Waals surface area contributed by atoms with E-state index in [2.05, 4.69) is 36.3 Å². The molecule has 1 heterocycles. The zero-order valence-corrected chi connectivity index (χ0v) is 20.2. The molecule has 1 aliphatic heterocycles. The van der Waals surface area contributed by atoms with E-state index in [0.717, 1.165) is 31.6 Å². The first-order valence-electron chi connectivity index (χ1n) is 11.5. The highest BCUT2D eigenvalue weighted by atomic mass is 16.5. The predicted octanol–water partition coefficient (Wildman–Crippen LogP) is 4.58. The van der Waals surface area contributed by atoms with Crippen LogP contribution >= 0.6 is 0 Å². The number of nitrogens with one attached hydrogen (secondary N) is 2. The van der Waals surface area contributed by atoms with Gasteiger partial charge in [-0.05, 0) is 55.0 Å². The molecule has 3 rings (SSSR count). The highest BCUT2D eigenvalue weighted by Crippen LogP contribution is 2.30. The van der Waals surface area contributed by atoms with Crippen LogP contribution in [-0.2, 0) is 0 Å². The molecule has 0 saturated carbocycles. The Hall–Kier alpha value is -3.22. The van der Waals surface area contributed by atoms with Gasteiger partial charge in [0.2, 0.25) is 0 Å². The van der Waals surface area contributed by atoms with Crippen LogP contribution < -0.4 is 25.0 Å². The summed E-state index contributed by atoms with van der Waals surface area (Å²) in [5.41, 5.74) is 2.42. The zero-order valence-electron chi connectivity index (χ0n) is 20.2. The fourth-order valence-corrected chi connectivity index (χ4v) is 3.90. The van der Waals surface area contributed by atoms with Crippen molar-refractivity contribution in [3.63, 3.8) is 0 Å². The summed E-state index contributed by atoms with van der Waals surface area (Å²) in [5.74, 6) is 1.61. The Bertz CT molecular complexity index is 981. The third-order valence-electron chi connectivity index (χ3n) is 5.95. The van der Waals surface area contributed by atoms with E-state index in [4.69, 9.17) is 9.47 Å². The molecule has 0 aliphatic carbocycles. The van der Waals surface area contributed by atoms with Gasteiger partial charge >= 0.3 is 0 Å². The normalized spacial score (nSPS) is 14.2. The molecule has 2 aromatic carbocycles. The molecule has 178 valence electrons. The van der Waals surface area contributed by atoms with E-state index in [-0.39, 0.29) is 11.8 Å². The van der Waals surface area contributed by atoms with E-state index in [1.165, 1.54) is 7.11 Å². The minimum Gasteiger partial charge on any atom is -0.497 e. The summed E-state index contributed by atoms with van der Waals surface area (Å²) < 4.78 is 10.6. The van der Waals surface area contributed by atoms with Crippen molar-refractivity contribution < 1.29 is 19.1 Å². The molecule has 0 aromatic heterocycles. The Morgan fingerprint density at radius 1 is 1.00 bits per heavy atom. The molecule has 1 fully saturated rings. The summed E-state index contributed by atoms with van der Waals surface area (Å²) in [5, 5.41) is 5.93. The van der Waals surface area contributed by atoms with Crippen LogP contribution in [0, 0.1) is 11.8 Å². The molecule has 7 heteroatoms. The lowest BCUT2D eigenvalue weighted by molar-refractivity contribution is 0.0948. The summed E-state index contributed by atoms with van der Waals surface area (Å²) in [4.78, 5) is 28.3. The smallest absolute Gasteiger partial charge is 0.259 e. The van der Waals surface area contributed by atoms with Crippen LogP contribution in [0.4, 0.5) is 11.4 Å². The van der Waals surface area contributed by atoms with E-state index in [0.29, 0.717) is 46.7 Å². The lowest BCUT2D eigenvalue weighted by atomic mass is 9.97. The number of anilines is 2. The molecule has 7 nitrogen and oxygen atoms in total. The molecule has 0 unspecified atom stereocenters. The lowest BCUT2D eigenvalue weighted by Gasteiger charge is -2.33. The van der Waals surface area contributed by atoms with E-state index in [1.54, 1.807) is 31.4 Å². The molecular formula is C26H35N3O4. The number of ether oxygens (including phenoxy) is 2. The zero-order chi connectivity index (χ0) is 24.0. The molecule has 1 aliphatic rings. The molecule has 33 heavy (non-hydrogen) atoms. The second-order valence-corrected chi connectivity index (χ2v) is 9.03. The van der Waals surface area contributed by atoms with E-state index in [1.807, 2.05) is 12.1 Å². The predicted molar refractivity (Wildman–Crippen MR) is 132 cm³/mol. The van der Waals surface area contributed by atoms with Crippen molar-refractivity contribution >= 4 is 23.2 Å². The minimum atomic E-state index is -0.317. The third kappa shape index (κ3) is 6.18. The molecule has 0 spiro atoms. The topological polar surface area (TPSA) is 79.9 Å². The van der Waals surface area contributed by atoms with E-state index in [9.17, 15) is 9.59 Å². The van der Waals surface area contributed by atoms with Crippen molar-refractivity contribution in [2.75, 3.05) is 44.1 Å². The monoisotopic (exact) mass is 453 g/mol. The summed E-state index contributed by atoms with van der Waals surface area (Å²) >= 11 is 0. The lowest BCUT2D eigenvalue weighted by Crippen LogP contribution is -2.35. The fourth-order valence-electron chi connectivity index (χ4n) is 3.90. The van der Waals surface area contributed by atoms with Crippen LogP contribution in [-0.4, -0.2) is 45.7 Å². The van der Waals surface area contributed by atoms with E-state index < -0.39 is 0 Å². The van der Waals surface area contributed by atoms with Gasteiger partial charge in [0.15, 0.2) is 0 Å². The van der Waals surface area contributed by atoms with Crippen molar-refractivity contribution in [1.82, 2.24) is 5.32 Å². The summed E-state index contributed by atoms with van der Waals surface area (Å²) in [7, 11) is 3.07. The van der Waals surface area contributed by atoms with E-state index >= 15 is 0 Å². The van der Waals surface area contributed by atoms with Gasteiger partial charge in [0, 0.05) is 37.1 Å². The van der Waals surface area contributed by atoms with Crippen molar-refractivity contribution in [2.24, 2.45) is 11.8 Å². The first-order chi connectivity index (χ1) is 15.8. The Kier molecular flexibility index (Phi) is 8.20. The summed E-state index contributed by atoms with van der Waals surface area (Å²) in [6.07, 6.45) is 2.20. The number of carbonyl (C=O) groups is 2. The maximum absolute atomic E-state index is 13.1. The number of hydrogen-bond acceptors (Lipinski definition) is 5. The minimum absolute atomic E-state index is 0.129. The SMILES string of the molecule is COc1ccc(C(=O)Nc2ccc(N3CCC(C)CC3)c(C(=O)NCC(C)C)c2)c(OC)c1. The standard InChI is InChI=1S/C26H35N3O4/c1-17(2)16-27-25(30)22-14-19(6-9-23(22)29-12-10-18(3)11-13-29)28-26(31)21-8-7-20(32-4)15-24(21)33-5/h6-9,14-15,17-18H,10-13,16H2,1-5H3,(H,27,30)(H,28,31). The molecule has 1 saturated heterocycles. The number of rotatable bonds is 8. The molecule has 0 atom stereocenters. The largest absolute Gasteiger partial charge is 0.497 e. The molecular weight excluding hydrogens is 418 g/mol. The number of amides is 2. The summed E-state index contributed by atoms with van der Waals surface area (Å²) in [6.45, 7) is 8.81. The highest BCUT2D eigenvalue weighted by molar-refractivity contribution is 6.08. The van der Waals surface area contributed by atoms with Gasteiger partial charge in [0.05, 0.1) is 25.3 Å². The van der Waals surface area contributed by atoms with Gasteiger partial charge in [-0.3, -0.25) is 9.59 Å². The van der Waals surface area contributed by atoms with Crippen molar-refractivity contribution in [3.8, 4) is 11.5 Å². The second-order valence-electron chi connectivity index (χ2n) is 9.03. The van der Waals surface area contributed by atoms with Gasteiger partial charge in [0.25, 0.3) is 11.8 Å². The van der Waals surface area contributed by atoms with Gasteiger partial charge < -0.3 is 25.0 Å². The number of piperidine rings is 1. The number of methoxy groups -OCH3 is 2. The Morgan fingerprint density at radius 3 is 2.36 bits per heavy atom. The Morgan fingerprint density at radius 2 is 1.73 bits per heavy atom. The number of benzene rings is 2. The van der Waals surface area contributed by atoms with Gasteiger partial charge in [0.1, 0.15) is 11.5 Å². The van der Waals surface area contributed by atoms with Gasteiger partial charge in [-0.25, -0.2) is 0 Å². The van der Waals surface area contributed by atoms with Crippen LogP contribution in [0.25, 0.3) is 0 Å². The molecule has 2 N–H and O–H groups in total. The highest BCUT2D eigenvalue weighted by Gasteiger charge is 2.22. The number of hydrogen-bond donors (Lipinski definition) is 2. The quantitative estimate of drug-likeness (QED) is 0.612. The molecule has 2 aromatic rings. The molecule has 0 bridgehead atoms. The first-order valence-corrected chi connectivity index (χ1v) is 11.5. The summed E-state index contributed by atoms with van der Waals surface area (Å²) in [6, 6.07) is 10.6.